The molecular weight excluding hydrogens is 350 g/mol. The van der Waals surface area contributed by atoms with Crippen LogP contribution in [0.2, 0.25) is 5.02 Å². The summed E-state index contributed by atoms with van der Waals surface area (Å²) in [5, 5.41) is 8.91. The van der Waals surface area contributed by atoms with Gasteiger partial charge in [-0.2, -0.15) is 0 Å². The standard InChI is InChI=1S/C13H12ClNO.C8H16O2/c1-9-7-8-15(2)12(9)13(16)10-3-5-11(14)6-4-10;1-2-3-4-5-6-7-8(9)10/h3-8H,1-2H3;2-7H2,1H3,(H,9,10). The molecule has 26 heavy (non-hydrogen) atoms. The Morgan fingerprint density at radius 2 is 1.65 bits per heavy atom. The second-order valence-electron chi connectivity index (χ2n) is 6.35. The summed E-state index contributed by atoms with van der Waals surface area (Å²) in [5.41, 5.74) is 2.37. The number of aryl methyl sites for hydroxylation is 2. The van der Waals surface area contributed by atoms with E-state index in [0.717, 1.165) is 24.1 Å². The minimum atomic E-state index is -0.670. The summed E-state index contributed by atoms with van der Waals surface area (Å²) in [7, 11) is 1.87. The van der Waals surface area contributed by atoms with Crippen LogP contribution in [0.15, 0.2) is 36.5 Å². The van der Waals surface area contributed by atoms with Gasteiger partial charge in [0, 0.05) is 30.3 Å². The predicted octanol–water partition coefficient (Wildman–Crippen LogP) is 5.65. The first kappa shape index (κ1) is 22.0. The van der Waals surface area contributed by atoms with E-state index in [2.05, 4.69) is 6.92 Å². The van der Waals surface area contributed by atoms with Crippen LogP contribution in [-0.4, -0.2) is 21.4 Å². The van der Waals surface area contributed by atoms with Crippen LogP contribution in [-0.2, 0) is 11.8 Å². The Balaban J connectivity index is 0.000000294. The zero-order valence-corrected chi connectivity index (χ0v) is 16.6. The number of carboxylic acids is 1. The van der Waals surface area contributed by atoms with Gasteiger partial charge in [-0.15, -0.1) is 0 Å². The molecule has 0 saturated carbocycles. The van der Waals surface area contributed by atoms with Gasteiger partial charge in [0.25, 0.3) is 0 Å². The second-order valence-corrected chi connectivity index (χ2v) is 6.79. The molecule has 0 bridgehead atoms. The molecule has 5 heteroatoms. The summed E-state index contributed by atoms with van der Waals surface area (Å²) in [5.74, 6) is -0.641. The maximum Gasteiger partial charge on any atom is 0.303 e. The number of hydrogen-bond donors (Lipinski definition) is 1. The van der Waals surface area contributed by atoms with Crippen LogP contribution in [0.5, 0.6) is 0 Å². The molecular formula is C21H28ClNO3. The zero-order valence-electron chi connectivity index (χ0n) is 15.8. The minimum Gasteiger partial charge on any atom is -0.481 e. The molecule has 142 valence electrons. The Morgan fingerprint density at radius 1 is 1.04 bits per heavy atom. The van der Waals surface area contributed by atoms with Crippen molar-refractivity contribution < 1.29 is 14.7 Å². The van der Waals surface area contributed by atoms with Crippen molar-refractivity contribution in [2.75, 3.05) is 0 Å². The number of aliphatic carboxylic acids is 1. The topological polar surface area (TPSA) is 59.3 Å². The fraction of sp³-hybridized carbons (Fsp3) is 0.429. The first-order valence-corrected chi connectivity index (χ1v) is 9.38. The summed E-state index contributed by atoms with van der Waals surface area (Å²) in [6.07, 6.45) is 7.77. The number of unbranched alkanes of at least 4 members (excludes halogenated alkanes) is 4. The van der Waals surface area contributed by atoms with Crippen molar-refractivity contribution in [1.29, 1.82) is 0 Å². The van der Waals surface area contributed by atoms with E-state index in [1.54, 1.807) is 24.3 Å². The quantitative estimate of drug-likeness (QED) is 0.477. The molecule has 1 N–H and O–H groups in total. The molecule has 0 saturated heterocycles. The summed E-state index contributed by atoms with van der Waals surface area (Å²) in [4.78, 5) is 22.2. The number of carboxylic acid groups (broad SMARTS) is 1. The number of halogens is 1. The molecule has 0 spiro atoms. The number of hydrogen-bond acceptors (Lipinski definition) is 2. The molecule has 0 fully saturated rings. The maximum atomic E-state index is 12.2. The van der Waals surface area contributed by atoms with Gasteiger partial charge in [0.1, 0.15) is 0 Å². The third kappa shape index (κ3) is 7.44. The molecule has 0 aliphatic heterocycles. The lowest BCUT2D eigenvalue weighted by Gasteiger charge is -2.04. The summed E-state index contributed by atoms with van der Waals surface area (Å²) < 4.78 is 1.84. The van der Waals surface area contributed by atoms with Crippen molar-refractivity contribution in [3.8, 4) is 0 Å². The molecule has 4 nitrogen and oxygen atoms in total. The summed E-state index contributed by atoms with van der Waals surface area (Å²) in [6, 6.07) is 8.89. The van der Waals surface area contributed by atoms with E-state index in [9.17, 15) is 9.59 Å². The van der Waals surface area contributed by atoms with Crippen molar-refractivity contribution in [3.05, 3.63) is 58.4 Å². The number of carbonyl (C=O) groups is 2. The van der Waals surface area contributed by atoms with E-state index in [-0.39, 0.29) is 5.78 Å². The molecule has 2 aromatic rings. The van der Waals surface area contributed by atoms with Crippen LogP contribution >= 0.6 is 11.6 Å². The van der Waals surface area contributed by atoms with Crippen molar-refractivity contribution >= 4 is 23.4 Å². The van der Waals surface area contributed by atoms with Crippen LogP contribution in [0.4, 0.5) is 0 Å². The van der Waals surface area contributed by atoms with Gasteiger partial charge < -0.3 is 9.67 Å². The minimum absolute atomic E-state index is 0.0293. The van der Waals surface area contributed by atoms with Crippen LogP contribution in [0, 0.1) is 6.92 Å². The largest absolute Gasteiger partial charge is 0.481 e. The maximum absolute atomic E-state index is 12.2. The van der Waals surface area contributed by atoms with Crippen molar-refractivity contribution in [1.82, 2.24) is 4.57 Å². The summed E-state index contributed by atoms with van der Waals surface area (Å²) >= 11 is 5.79. The number of benzene rings is 1. The molecule has 0 amide bonds. The van der Waals surface area contributed by atoms with Gasteiger partial charge in [-0.3, -0.25) is 9.59 Å². The van der Waals surface area contributed by atoms with E-state index in [1.165, 1.54) is 19.3 Å². The van der Waals surface area contributed by atoms with Gasteiger partial charge in [-0.25, -0.2) is 0 Å². The van der Waals surface area contributed by atoms with E-state index in [0.29, 0.717) is 17.0 Å². The fourth-order valence-electron chi connectivity index (χ4n) is 2.61. The van der Waals surface area contributed by atoms with E-state index in [1.807, 2.05) is 30.8 Å². The smallest absolute Gasteiger partial charge is 0.303 e. The number of carbonyl (C=O) groups excluding carboxylic acids is 1. The predicted molar refractivity (Wildman–Crippen MR) is 106 cm³/mol. The first-order chi connectivity index (χ1) is 12.4. The lowest BCUT2D eigenvalue weighted by molar-refractivity contribution is -0.137. The fourth-order valence-corrected chi connectivity index (χ4v) is 2.74. The third-order valence-corrected chi connectivity index (χ3v) is 4.34. The normalized spacial score (nSPS) is 10.2. The third-order valence-electron chi connectivity index (χ3n) is 4.09. The highest BCUT2D eigenvalue weighted by Crippen LogP contribution is 2.16. The molecule has 2 rings (SSSR count). The number of nitrogens with zero attached hydrogens (tertiary/aromatic N) is 1. The van der Waals surface area contributed by atoms with Gasteiger partial charge in [-0.05, 0) is 49.2 Å². The molecule has 0 unspecified atom stereocenters. The highest BCUT2D eigenvalue weighted by molar-refractivity contribution is 6.30. The lowest BCUT2D eigenvalue weighted by atomic mass is 10.1. The second kappa shape index (κ2) is 11.5. The van der Waals surface area contributed by atoms with Crippen LogP contribution in [0.25, 0.3) is 0 Å². The SMILES string of the molecule is CCCCCCCC(=O)O.Cc1ccn(C)c1C(=O)c1ccc(Cl)cc1. The van der Waals surface area contributed by atoms with E-state index < -0.39 is 5.97 Å². The molecule has 0 aliphatic rings. The highest BCUT2D eigenvalue weighted by Gasteiger charge is 2.14. The van der Waals surface area contributed by atoms with Crippen LogP contribution < -0.4 is 0 Å². The molecule has 1 heterocycles. The van der Waals surface area contributed by atoms with Crippen molar-refractivity contribution in [2.24, 2.45) is 7.05 Å². The van der Waals surface area contributed by atoms with E-state index >= 15 is 0 Å². The molecule has 1 aromatic heterocycles. The molecule has 1 aromatic carbocycles. The van der Waals surface area contributed by atoms with Gasteiger partial charge in [0.2, 0.25) is 5.78 Å². The van der Waals surface area contributed by atoms with Gasteiger partial charge in [-0.1, -0.05) is 44.2 Å². The lowest BCUT2D eigenvalue weighted by Crippen LogP contribution is -2.08. The van der Waals surface area contributed by atoms with Gasteiger partial charge in [0.15, 0.2) is 0 Å². The number of aromatic nitrogens is 1. The zero-order chi connectivity index (χ0) is 19.5. The Morgan fingerprint density at radius 3 is 2.15 bits per heavy atom. The highest BCUT2D eigenvalue weighted by atomic mass is 35.5. The molecule has 0 atom stereocenters. The number of rotatable bonds is 8. The van der Waals surface area contributed by atoms with E-state index in [4.69, 9.17) is 16.7 Å². The van der Waals surface area contributed by atoms with Gasteiger partial charge in [0.05, 0.1) is 5.69 Å². The van der Waals surface area contributed by atoms with Crippen LogP contribution in [0.1, 0.15) is 67.1 Å². The van der Waals surface area contributed by atoms with Crippen molar-refractivity contribution in [2.45, 2.75) is 52.4 Å². The Hall–Kier alpha value is -2.07. The average Bonchev–Trinajstić information content (AvgIpc) is 2.94. The average molecular weight is 378 g/mol. The monoisotopic (exact) mass is 377 g/mol. The van der Waals surface area contributed by atoms with Crippen molar-refractivity contribution in [3.63, 3.8) is 0 Å². The first-order valence-electron chi connectivity index (χ1n) is 9.00. The Kier molecular flexibility index (Phi) is 9.74. The summed E-state index contributed by atoms with van der Waals surface area (Å²) in [6.45, 7) is 4.08. The Bertz CT molecular complexity index is 685. The molecule has 0 radical (unpaired) electrons. The molecule has 0 aliphatic carbocycles. The van der Waals surface area contributed by atoms with Gasteiger partial charge >= 0.3 is 5.97 Å². The Labute approximate surface area is 160 Å². The number of ketones is 1. The van der Waals surface area contributed by atoms with Crippen LogP contribution in [0.3, 0.4) is 0 Å².